The fourth-order valence-corrected chi connectivity index (χ4v) is 2.50. The van der Waals surface area contributed by atoms with Gasteiger partial charge in [0, 0.05) is 25.0 Å². The minimum atomic E-state index is 0.0746. The van der Waals surface area contributed by atoms with E-state index in [1.54, 1.807) is 0 Å². The summed E-state index contributed by atoms with van der Waals surface area (Å²) in [6, 6.07) is 0.440. The molecular formula is C12H22N2O2. The van der Waals surface area contributed by atoms with Crippen molar-refractivity contribution in [2.45, 2.75) is 38.1 Å². The predicted octanol–water partition coefficient (Wildman–Crippen LogP) is 0.359. The van der Waals surface area contributed by atoms with Gasteiger partial charge in [0.25, 0.3) is 0 Å². The topological polar surface area (TPSA) is 52.6 Å². The summed E-state index contributed by atoms with van der Waals surface area (Å²) in [7, 11) is 0. The molecule has 2 fully saturated rings. The molecular weight excluding hydrogens is 204 g/mol. The van der Waals surface area contributed by atoms with Crippen molar-refractivity contribution in [3.8, 4) is 0 Å². The third kappa shape index (κ3) is 2.74. The number of hydrogen-bond acceptors (Lipinski definition) is 3. The molecule has 0 spiro atoms. The Kier molecular flexibility index (Phi) is 4.18. The molecule has 4 heteroatoms. The number of aliphatic hydroxyl groups excluding tert-OH is 1. The van der Waals surface area contributed by atoms with Crippen LogP contribution in [-0.4, -0.2) is 48.2 Å². The second-order valence-corrected chi connectivity index (χ2v) is 4.93. The number of rotatable bonds is 5. The third-order valence-electron chi connectivity index (χ3n) is 3.74. The smallest absolute Gasteiger partial charge is 0.225 e. The average molecular weight is 226 g/mol. The first-order chi connectivity index (χ1) is 7.81. The second kappa shape index (κ2) is 5.64. The average Bonchev–Trinajstić information content (AvgIpc) is 2.67. The first kappa shape index (κ1) is 11.9. The number of nitrogens with zero attached hydrogens (tertiary/aromatic N) is 1. The van der Waals surface area contributed by atoms with Crippen molar-refractivity contribution in [1.82, 2.24) is 10.2 Å². The van der Waals surface area contributed by atoms with Gasteiger partial charge in [-0.1, -0.05) is 6.42 Å². The normalized spacial score (nSPS) is 25.4. The number of aliphatic hydroxyl groups is 1. The van der Waals surface area contributed by atoms with Crippen LogP contribution in [0.1, 0.15) is 32.1 Å². The molecule has 1 saturated heterocycles. The number of hydrogen-bond donors (Lipinski definition) is 2. The molecule has 1 atom stereocenters. The van der Waals surface area contributed by atoms with Crippen LogP contribution in [0.3, 0.4) is 0 Å². The Hall–Kier alpha value is -0.610. The zero-order chi connectivity index (χ0) is 11.4. The summed E-state index contributed by atoms with van der Waals surface area (Å²) in [6.07, 6.45) is 5.62. The van der Waals surface area contributed by atoms with E-state index in [0.29, 0.717) is 12.6 Å². The summed E-state index contributed by atoms with van der Waals surface area (Å²) in [6.45, 7) is 2.41. The van der Waals surface area contributed by atoms with E-state index in [1.165, 1.54) is 12.8 Å². The van der Waals surface area contributed by atoms with E-state index in [4.69, 9.17) is 5.11 Å². The molecule has 0 aromatic carbocycles. The maximum absolute atomic E-state index is 12.1. The quantitative estimate of drug-likeness (QED) is 0.711. The van der Waals surface area contributed by atoms with Gasteiger partial charge in [-0.25, -0.2) is 0 Å². The zero-order valence-electron chi connectivity index (χ0n) is 9.82. The van der Waals surface area contributed by atoms with E-state index < -0.39 is 0 Å². The third-order valence-corrected chi connectivity index (χ3v) is 3.74. The molecule has 92 valence electrons. The Morgan fingerprint density at radius 2 is 2.12 bits per heavy atom. The molecule has 1 unspecified atom stereocenters. The Labute approximate surface area is 97.0 Å². The van der Waals surface area contributed by atoms with Gasteiger partial charge < -0.3 is 15.3 Å². The van der Waals surface area contributed by atoms with Crippen molar-refractivity contribution in [1.29, 1.82) is 0 Å². The summed E-state index contributed by atoms with van der Waals surface area (Å²) in [5, 5.41) is 12.4. The second-order valence-electron chi connectivity index (χ2n) is 4.93. The van der Waals surface area contributed by atoms with Crippen LogP contribution in [0.4, 0.5) is 0 Å². The van der Waals surface area contributed by atoms with Gasteiger partial charge in [-0.15, -0.1) is 0 Å². The molecule has 1 saturated carbocycles. The van der Waals surface area contributed by atoms with E-state index in [0.717, 1.165) is 32.4 Å². The monoisotopic (exact) mass is 226 g/mol. The fourth-order valence-electron chi connectivity index (χ4n) is 2.50. The largest absolute Gasteiger partial charge is 0.395 e. The van der Waals surface area contributed by atoms with Crippen LogP contribution >= 0.6 is 0 Å². The Balaban J connectivity index is 1.84. The summed E-state index contributed by atoms with van der Waals surface area (Å²) in [5.74, 6) is 0.502. The molecule has 0 radical (unpaired) electrons. The molecule has 1 amide bonds. The molecule has 0 bridgehead atoms. The lowest BCUT2D eigenvalue weighted by Gasteiger charge is -2.32. The van der Waals surface area contributed by atoms with Crippen LogP contribution in [0.2, 0.25) is 0 Å². The van der Waals surface area contributed by atoms with Crippen molar-refractivity contribution in [3.63, 3.8) is 0 Å². The molecule has 4 nitrogen and oxygen atoms in total. The number of carbonyl (C=O) groups is 1. The highest BCUT2D eigenvalue weighted by atomic mass is 16.3. The van der Waals surface area contributed by atoms with Gasteiger partial charge in [0.05, 0.1) is 6.61 Å². The van der Waals surface area contributed by atoms with Crippen LogP contribution < -0.4 is 5.32 Å². The van der Waals surface area contributed by atoms with Gasteiger partial charge in [0.2, 0.25) is 5.91 Å². The van der Waals surface area contributed by atoms with E-state index in [2.05, 4.69) is 5.32 Å². The minimum Gasteiger partial charge on any atom is -0.395 e. The summed E-state index contributed by atoms with van der Waals surface area (Å²) in [5.41, 5.74) is 0. The number of amides is 1. The summed E-state index contributed by atoms with van der Waals surface area (Å²) in [4.78, 5) is 13.9. The van der Waals surface area contributed by atoms with Gasteiger partial charge in [0.1, 0.15) is 0 Å². The van der Waals surface area contributed by atoms with Crippen LogP contribution in [-0.2, 0) is 4.79 Å². The van der Waals surface area contributed by atoms with Gasteiger partial charge in [0.15, 0.2) is 0 Å². The molecule has 2 rings (SSSR count). The highest BCUT2D eigenvalue weighted by Crippen LogP contribution is 2.28. The van der Waals surface area contributed by atoms with Crippen molar-refractivity contribution in [2.75, 3.05) is 26.2 Å². The SMILES string of the molecule is O=C(C1CCC1)N(CCO)CC1CCCN1. The zero-order valence-corrected chi connectivity index (χ0v) is 9.82. The molecule has 2 aliphatic rings. The Morgan fingerprint density at radius 1 is 1.31 bits per heavy atom. The van der Waals surface area contributed by atoms with Crippen LogP contribution in [0.15, 0.2) is 0 Å². The molecule has 1 aliphatic carbocycles. The molecule has 2 N–H and O–H groups in total. The van der Waals surface area contributed by atoms with E-state index in [-0.39, 0.29) is 18.4 Å². The van der Waals surface area contributed by atoms with E-state index in [1.807, 2.05) is 4.90 Å². The molecule has 0 aromatic rings. The van der Waals surface area contributed by atoms with Crippen molar-refractivity contribution < 1.29 is 9.90 Å². The fraction of sp³-hybridized carbons (Fsp3) is 0.917. The molecule has 0 aromatic heterocycles. The van der Waals surface area contributed by atoms with Crippen LogP contribution in [0.5, 0.6) is 0 Å². The van der Waals surface area contributed by atoms with E-state index >= 15 is 0 Å². The first-order valence-corrected chi connectivity index (χ1v) is 6.44. The maximum atomic E-state index is 12.1. The van der Waals surface area contributed by atoms with Crippen molar-refractivity contribution >= 4 is 5.91 Å². The van der Waals surface area contributed by atoms with Gasteiger partial charge in [-0.3, -0.25) is 4.79 Å². The lowest BCUT2D eigenvalue weighted by molar-refractivity contribution is -0.139. The lowest BCUT2D eigenvalue weighted by atomic mass is 9.84. The highest BCUT2D eigenvalue weighted by Gasteiger charge is 2.30. The molecule has 1 aliphatic heterocycles. The molecule has 1 heterocycles. The number of nitrogens with one attached hydrogen (secondary N) is 1. The first-order valence-electron chi connectivity index (χ1n) is 6.44. The standard InChI is InChI=1S/C12H22N2O2/c15-8-7-14(9-11-5-2-6-13-11)12(16)10-3-1-4-10/h10-11,13,15H,1-9H2. The van der Waals surface area contributed by atoms with E-state index in [9.17, 15) is 4.79 Å². The highest BCUT2D eigenvalue weighted by molar-refractivity contribution is 5.79. The van der Waals surface area contributed by atoms with Gasteiger partial charge in [-0.2, -0.15) is 0 Å². The van der Waals surface area contributed by atoms with Gasteiger partial charge in [-0.05, 0) is 32.2 Å². The Morgan fingerprint density at radius 3 is 2.62 bits per heavy atom. The van der Waals surface area contributed by atoms with Gasteiger partial charge >= 0.3 is 0 Å². The molecule has 16 heavy (non-hydrogen) atoms. The lowest BCUT2D eigenvalue weighted by Crippen LogP contribution is -2.46. The van der Waals surface area contributed by atoms with Crippen molar-refractivity contribution in [3.05, 3.63) is 0 Å². The number of carbonyl (C=O) groups excluding carboxylic acids is 1. The van der Waals surface area contributed by atoms with Crippen LogP contribution in [0, 0.1) is 5.92 Å². The maximum Gasteiger partial charge on any atom is 0.225 e. The van der Waals surface area contributed by atoms with Crippen molar-refractivity contribution in [2.24, 2.45) is 5.92 Å². The summed E-state index contributed by atoms with van der Waals surface area (Å²) < 4.78 is 0. The minimum absolute atomic E-state index is 0.0746. The van der Waals surface area contributed by atoms with Crippen LogP contribution in [0.25, 0.3) is 0 Å². The predicted molar refractivity (Wildman–Crippen MR) is 62.0 cm³/mol. The summed E-state index contributed by atoms with van der Waals surface area (Å²) >= 11 is 0. The Bertz CT molecular complexity index is 235.